The summed E-state index contributed by atoms with van der Waals surface area (Å²) in [5.41, 5.74) is 3.38. The summed E-state index contributed by atoms with van der Waals surface area (Å²) in [4.78, 5) is 10.4. The Bertz CT molecular complexity index is 555. The van der Waals surface area contributed by atoms with Crippen LogP contribution in [0.15, 0.2) is 12.1 Å². The van der Waals surface area contributed by atoms with Crippen molar-refractivity contribution in [2.24, 2.45) is 0 Å². The van der Waals surface area contributed by atoms with Crippen LogP contribution >= 0.6 is 0 Å². The number of benzene rings is 1. The molecule has 6 heteroatoms. The van der Waals surface area contributed by atoms with E-state index in [9.17, 15) is 13.2 Å². The lowest BCUT2D eigenvalue weighted by atomic mass is 10.1. The summed E-state index contributed by atoms with van der Waals surface area (Å²) < 4.78 is 26.3. The zero-order valence-corrected chi connectivity index (χ0v) is 12.2. The first-order chi connectivity index (χ1) is 8.71. The summed E-state index contributed by atoms with van der Waals surface area (Å²) in [6.45, 7) is 5.63. The summed E-state index contributed by atoms with van der Waals surface area (Å²) in [7, 11) is -3.50. The summed E-state index contributed by atoms with van der Waals surface area (Å²) in [5, 5.41) is 8.50. The minimum atomic E-state index is -3.50. The predicted octanol–water partition coefficient (Wildman–Crippen LogP) is 2.22. The molecule has 1 rings (SSSR count). The number of carboxylic acid groups (broad SMARTS) is 1. The van der Waals surface area contributed by atoms with Gasteiger partial charge in [0.05, 0.1) is 11.4 Å². The van der Waals surface area contributed by atoms with Crippen molar-refractivity contribution < 1.29 is 18.3 Å². The van der Waals surface area contributed by atoms with Gasteiger partial charge in [-0.3, -0.25) is 9.52 Å². The smallest absolute Gasteiger partial charge is 0.303 e. The number of hydrogen-bond donors (Lipinski definition) is 2. The molecule has 2 N–H and O–H groups in total. The Morgan fingerprint density at radius 2 is 1.74 bits per heavy atom. The number of aryl methyl sites for hydroxylation is 3. The first kappa shape index (κ1) is 15.5. The maximum absolute atomic E-state index is 11.9. The Morgan fingerprint density at radius 3 is 2.21 bits per heavy atom. The van der Waals surface area contributed by atoms with Crippen molar-refractivity contribution in [3.05, 3.63) is 28.8 Å². The van der Waals surface area contributed by atoms with Crippen LogP contribution in [-0.2, 0) is 14.8 Å². The van der Waals surface area contributed by atoms with Gasteiger partial charge in [0, 0.05) is 6.42 Å². The van der Waals surface area contributed by atoms with Crippen LogP contribution in [0.4, 0.5) is 5.69 Å². The lowest BCUT2D eigenvalue weighted by Gasteiger charge is -2.14. The molecule has 0 amide bonds. The van der Waals surface area contributed by atoms with Crippen molar-refractivity contribution in [3.8, 4) is 0 Å². The van der Waals surface area contributed by atoms with Gasteiger partial charge >= 0.3 is 5.97 Å². The number of carbonyl (C=O) groups is 1. The van der Waals surface area contributed by atoms with Crippen molar-refractivity contribution >= 4 is 21.7 Å². The van der Waals surface area contributed by atoms with Gasteiger partial charge in [-0.05, 0) is 38.3 Å². The molecule has 0 aliphatic rings. The molecule has 19 heavy (non-hydrogen) atoms. The second-order valence-corrected chi connectivity index (χ2v) is 6.53. The van der Waals surface area contributed by atoms with Crippen LogP contribution in [0.3, 0.4) is 0 Å². The first-order valence-corrected chi connectivity index (χ1v) is 7.66. The van der Waals surface area contributed by atoms with Gasteiger partial charge in [-0.15, -0.1) is 0 Å². The Morgan fingerprint density at radius 1 is 1.21 bits per heavy atom. The van der Waals surface area contributed by atoms with E-state index in [1.54, 1.807) is 0 Å². The summed E-state index contributed by atoms with van der Waals surface area (Å²) >= 11 is 0. The lowest BCUT2D eigenvalue weighted by Crippen LogP contribution is -2.18. The van der Waals surface area contributed by atoms with E-state index >= 15 is 0 Å². The topological polar surface area (TPSA) is 83.5 Å². The van der Waals surface area contributed by atoms with Gasteiger partial charge < -0.3 is 5.11 Å². The minimum absolute atomic E-state index is 0.106. The molecule has 0 spiro atoms. The van der Waals surface area contributed by atoms with Gasteiger partial charge in [0.25, 0.3) is 0 Å². The highest BCUT2D eigenvalue weighted by molar-refractivity contribution is 7.92. The highest BCUT2D eigenvalue weighted by atomic mass is 32.2. The first-order valence-electron chi connectivity index (χ1n) is 6.01. The molecule has 106 valence electrons. The number of anilines is 1. The van der Waals surface area contributed by atoms with E-state index in [0.717, 1.165) is 16.7 Å². The second-order valence-electron chi connectivity index (χ2n) is 4.69. The second kappa shape index (κ2) is 6.06. The molecule has 0 fully saturated rings. The number of sulfonamides is 1. The van der Waals surface area contributed by atoms with Gasteiger partial charge in [-0.1, -0.05) is 17.7 Å². The molecule has 1 aromatic rings. The van der Waals surface area contributed by atoms with Crippen molar-refractivity contribution in [3.63, 3.8) is 0 Å². The van der Waals surface area contributed by atoms with Crippen molar-refractivity contribution in [1.82, 2.24) is 0 Å². The maximum atomic E-state index is 11.9. The Balaban J connectivity index is 2.81. The minimum Gasteiger partial charge on any atom is -0.481 e. The van der Waals surface area contributed by atoms with Gasteiger partial charge in [0.2, 0.25) is 10.0 Å². The lowest BCUT2D eigenvalue weighted by molar-refractivity contribution is -0.137. The molecular formula is C13H19NO4S. The molecule has 0 heterocycles. The van der Waals surface area contributed by atoms with Gasteiger partial charge in [-0.2, -0.15) is 0 Å². The fourth-order valence-electron chi connectivity index (χ4n) is 1.96. The third kappa shape index (κ3) is 4.90. The predicted molar refractivity (Wildman–Crippen MR) is 74.9 cm³/mol. The average Bonchev–Trinajstić information content (AvgIpc) is 2.22. The Kier molecular flexibility index (Phi) is 4.94. The molecular weight excluding hydrogens is 266 g/mol. The molecule has 0 aliphatic carbocycles. The SMILES string of the molecule is Cc1cc(C)c(NS(=O)(=O)CCCC(=O)O)c(C)c1. The van der Waals surface area contributed by atoms with Gasteiger partial charge in [-0.25, -0.2) is 8.42 Å². The van der Waals surface area contributed by atoms with E-state index < -0.39 is 16.0 Å². The highest BCUT2D eigenvalue weighted by Gasteiger charge is 2.14. The van der Waals surface area contributed by atoms with Gasteiger partial charge in [0.1, 0.15) is 0 Å². The van der Waals surface area contributed by atoms with E-state index in [1.165, 1.54) is 0 Å². The molecule has 1 aromatic carbocycles. The highest BCUT2D eigenvalue weighted by Crippen LogP contribution is 2.23. The normalized spacial score (nSPS) is 11.3. The van der Waals surface area contributed by atoms with Crippen LogP contribution < -0.4 is 4.72 Å². The molecule has 0 aromatic heterocycles. The van der Waals surface area contributed by atoms with Crippen LogP contribution in [0.25, 0.3) is 0 Å². The van der Waals surface area contributed by atoms with E-state index in [2.05, 4.69) is 4.72 Å². The molecule has 0 saturated heterocycles. The molecule has 0 bridgehead atoms. The van der Waals surface area contributed by atoms with Crippen LogP contribution in [0.5, 0.6) is 0 Å². The van der Waals surface area contributed by atoms with E-state index in [4.69, 9.17) is 5.11 Å². The molecule has 5 nitrogen and oxygen atoms in total. The summed E-state index contributed by atoms with van der Waals surface area (Å²) in [5.74, 6) is -1.18. The van der Waals surface area contributed by atoms with Crippen molar-refractivity contribution in [2.45, 2.75) is 33.6 Å². The molecule has 0 radical (unpaired) electrons. The third-order valence-corrected chi connectivity index (χ3v) is 4.08. The average molecular weight is 285 g/mol. The quantitative estimate of drug-likeness (QED) is 0.839. The fraction of sp³-hybridized carbons (Fsp3) is 0.462. The number of nitrogens with one attached hydrogen (secondary N) is 1. The number of rotatable bonds is 6. The zero-order valence-electron chi connectivity index (χ0n) is 11.4. The Hall–Kier alpha value is -1.56. The maximum Gasteiger partial charge on any atom is 0.303 e. The molecule has 0 aliphatic heterocycles. The van der Waals surface area contributed by atoms with Crippen LogP contribution in [0, 0.1) is 20.8 Å². The molecule has 0 saturated carbocycles. The third-order valence-electron chi connectivity index (χ3n) is 2.74. The molecule has 0 unspecified atom stereocenters. The van der Waals surface area contributed by atoms with Crippen LogP contribution in [0.1, 0.15) is 29.5 Å². The largest absolute Gasteiger partial charge is 0.481 e. The fourth-order valence-corrected chi connectivity index (χ4v) is 3.22. The number of hydrogen-bond acceptors (Lipinski definition) is 3. The number of aliphatic carboxylic acids is 1. The summed E-state index contributed by atoms with van der Waals surface area (Å²) in [6, 6.07) is 3.81. The van der Waals surface area contributed by atoms with E-state index in [-0.39, 0.29) is 18.6 Å². The van der Waals surface area contributed by atoms with Crippen molar-refractivity contribution in [1.29, 1.82) is 0 Å². The van der Waals surface area contributed by atoms with Crippen LogP contribution in [-0.4, -0.2) is 25.2 Å². The Labute approximate surface area is 113 Å². The number of carboxylic acids is 1. The zero-order chi connectivity index (χ0) is 14.6. The van der Waals surface area contributed by atoms with Gasteiger partial charge in [0.15, 0.2) is 0 Å². The van der Waals surface area contributed by atoms with E-state index in [1.807, 2.05) is 32.9 Å². The van der Waals surface area contributed by atoms with Crippen LogP contribution in [0.2, 0.25) is 0 Å². The van der Waals surface area contributed by atoms with Crippen molar-refractivity contribution in [2.75, 3.05) is 10.5 Å². The summed E-state index contributed by atoms with van der Waals surface area (Å²) in [6.07, 6.45) is -0.0403. The molecule has 0 atom stereocenters. The standard InChI is InChI=1S/C13H19NO4S/c1-9-7-10(2)13(11(3)8-9)14-19(17,18)6-4-5-12(15)16/h7-8,14H,4-6H2,1-3H3,(H,15,16). The van der Waals surface area contributed by atoms with E-state index in [0.29, 0.717) is 5.69 Å². The monoisotopic (exact) mass is 285 g/mol.